The molecule has 108 valence electrons. The fraction of sp³-hybridized carbons (Fsp3) is 0.250. The zero-order valence-electron chi connectivity index (χ0n) is 11.7. The Balaban J connectivity index is 1.68. The molecule has 0 aliphatic carbocycles. The molecule has 1 atom stereocenters. The predicted octanol–water partition coefficient (Wildman–Crippen LogP) is 1.87. The van der Waals surface area contributed by atoms with E-state index in [-0.39, 0.29) is 11.9 Å². The fourth-order valence-electron chi connectivity index (χ4n) is 2.43. The van der Waals surface area contributed by atoms with Crippen LogP contribution in [0.25, 0.3) is 0 Å². The molecular weight excluding hydrogens is 264 g/mol. The van der Waals surface area contributed by atoms with Gasteiger partial charge in [0.15, 0.2) is 0 Å². The second kappa shape index (κ2) is 5.93. The fourth-order valence-corrected chi connectivity index (χ4v) is 2.43. The van der Waals surface area contributed by atoms with Crippen molar-refractivity contribution in [3.8, 4) is 0 Å². The molecule has 0 bridgehead atoms. The highest BCUT2D eigenvalue weighted by Gasteiger charge is 2.20. The van der Waals surface area contributed by atoms with Crippen LogP contribution in [-0.2, 0) is 0 Å². The number of nitrogens with one attached hydrogen (secondary N) is 1. The van der Waals surface area contributed by atoms with E-state index in [4.69, 9.17) is 5.73 Å². The van der Waals surface area contributed by atoms with E-state index in [0.29, 0.717) is 5.56 Å². The van der Waals surface area contributed by atoms with E-state index in [2.05, 4.69) is 15.2 Å². The molecule has 0 saturated carbocycles. The summed E-state index contributed by atoms with van der Waals surface area (Å²) in [5, 5.41) is 2.84. The molecular formula is C16H18N4O. The highest BCUT2D eigenvalue weighted by molar-refractivity contribution is 6.04. The van der Waals surface area contributed by atoms with Gasteiger partial charge in [-0.05, 0) is 30.7 Å². The van der Waals surface area contributed by atoms with Crippen LogP contribution < -0.4 is 16.0 Å². The van der Waals surface area contributed by atoms with Gasteiger partial charge in [-0.1, -0.05) is 18.2 Å². The van der Waals surface area contributed by atoms with E-state index in [1.54, 1.807) is 12.3 Å². The maximum atomic E-state index is 12.1. The van der Waals surface area contributed by atoms with Crippen molar-refractivity contribution in [2.75, 3.05) is 23.3 Å². The van der Waals surface area contributed by atoms with Gasteiger partial charge in [-0.2, -0.15) is 0 Å². The highest BCUT2D eigenvalue weighted by atomic mass is 16.1. The number of carbonyl (C=O) groups is 1. The van der Waals surface area contributed by atoms with Crippen LogP contribution in [0.3, 0.4) is 0 Å². The van der Waals surface area contributed by atoms with Gasteiger partial charge in [0.25, 0.3) is 5.91 Å². The van der Waals surface area contributed by atoms with Crippen molar-refractivity contribution < 1.29 is 4.79 Å². The van der Waals surface area contributed by atoms with Crippen LogP contribution in [0.2, 0.25) is 0 Å². The molecule has 2 aromatic rings. The second-order valence-corrected chi connectivity index (χ2v) is 5.22. The molecule has 1 aromatic heterocycles. The molecule has 3 rings (SSSR count). The van der Waals surface area contributed by atoms with Gasteiger partial charge >= 0.3 is 0 Å². The van der Waals surface area contributed by atoms with E-state index < -0.39 is 0 Å². The number of nitrogens with zero attached hydrogens (tertiary/aromatic N) is 2. The summed E-state index contributed by atoms with van der Waals surface area (Å²) in [6, 6.07) is 13.3. The summed E-state index contributed by atoms with van der Waals surface area (Å²) in [4.78, 5) is 18.6. The molecule has 1 aliphatic rings. The number of rotatable bonds is 3. The van der Waals surface area contributed by atoms with Gasteiger partial charge < -0.3 is 16.0 Å². The summed E-state index contributed by atoms with van der Waals surface area (Å²) in [6.45, 7) is 1.74. The lowest BCUT2D eigenvalue weighted by Crippen LogP contribution is -2.26. The monoisotopic (exact) mass is 282 g/mol. The van der Waals surface area contributed by atoms with Crippen molar-refractivity contribution in [2.24, 2.45) is 5.73 Å². The van der Waals surface area contributed by atoms with Crippen LogP contribution in [0.5, 0.6) is 0 Å². The lowest BCUT2D eigenvalue weighted by molar-refractivity contribution is 0.102. The van der Waals surface area contributed by atoms with Gasteiger partial charge in [-0.3, -0.25) is 4.79 Å². The quantitative estimate of drug-likeness (QED) is 0.901. The summed E-state index contributed by atoms with van der Waals surface area (Å²) in [6.07, 6.45) is 2.59. The maximum absolute atomic E-state index is 12.1. The second-order valence-electron chi connectivity index (χ2n) is 5.22. The maximum Gasteiger partial charge on any atom is 0.257 e. The zero-order valence-corrected chi connectivity index (χ0v) is 11.7. The van der Waals surface area contributed by atoms with Crippen LogP contribution in [0, 0.1) is 0 Å². The van der Waals surface area contributed by atoms with Crippen LogP contribution >= 0.6 is 0 Å². The first-order valence-electron chi connectivity index (χ1n) is 7.05. The average molecular weight is 282 g/mol. The van der Waals surface area contributed by atoms with Crippen LogP contribution in [-0.4, -0.2) is 30.0 Å². The van der Waals surface area contributed by atoms with Crippen molar-refractivity contribution in [3.05, 3.63) is 54.2 Å². The molecule has 1 unspecified atom stereocenters. The summed E-state index contributed by atoms with van der Waals surface area (Å²) >= 11 is 0. The SMILES string of the molecule is NC1CCN(c2ccc(C(=O)Nc3ccccc3)cn2)C1. The lowest BCUT2D eigenvalue weighted by atomic mass is 10.2. The molecule has 3 N–H and O–H groups in total. The number of benzene rings is 1. The van der Waals surface area contributed by atoms with E-state index in [1.807, 2.05) is 36.4 Å². The number of hydrogen-bond acceptors (Lipinski definition) is 4. The van der Waals surface area contributed by atoms with Crippen molar-refractivity contribution in [1.82, 2.24) is 4.98 Å². The summed E-state index contributed by atoms with van der Waals surface area (Å²) in [7, 11) is 0. The van der Waals surface area contributed by atoms with Crippen molar-refractivity contribution in [2.45, 2.75) is 12.5 Å². The molecule has 1 amide bonds. The van der Waals surface area contributed by atoms with Gasteiger partial charge in [0.1, 0.15) is 5.82 Å². The average Bonchev–Trinajstić information content (AvgIpc) is 2.95. The Hall–Kier alpha value is -2.40. The molecule has 0 radical (unpaired) electrons. The van der Waals surface area contributed by atoms with Crippen molar-refractivity contribution in [1.29, 1.82) is 0 Å². The Bertz CT molecular complexity index is 612. The summed E-state index contributed by atoms with van der Waals surface area (Å²) in [5.41, 5.74) is 7.22. The number of para-hydroxylation sites is 1. The molecule has 1 fully saturated rings. The molecule has 2 heterocycles. The normalized spacial score (nSPS) is 17.8. The summed E-state index contributed by atoms with van der Waals surface area (Å²) < 4.78 is 0. The Morgan fingerprint density at radius 2 is 2.05 bits per heavy atom. The minimum absolute atomic E-state index is 0.154. The topological polar surface area (TPSA) is 71.2 Å². The minimum atomic E-state index is -0.154. The highest BCUT2D eigenvalue weighted by Crippen LogP contribution is 2.17. The number of pyridine rings is 1. The van der Waals surface area contributed by atoms with Crippen molar-refractivity contribution >= 4 is 17.4 Å². The first-order valence-corrected chi connectivity index (χ1v) is 7.05. The van der Waals surface area contributed by atoms with E-state index in [1.165, 1.54) is 0 Å². The predicted molar refractivity (Wildman–Crippen MR) is 83.4 cm³/mol. The third-order valence-electron chi connectivity index (χ3n) is 3.59. The van der Waals surface area contributed by atoms with Gasteiger partial charge in [0.2, 0.25) is 0 Å². The number of aromatic nitrogens is 1. The number of nitrogens with two attached hydrogens (primary N) is 1. The Kier molecular flexibility index (Phi) is 3.83. The van der Waals surface area contributed by atoms with Gasteiger partial charge in [0, 0.05) is 31.0 Å². The van der Waals surface area contributed by atoms with Crippen LogP contribution in [0.1, 0.15) is 16.8 Å². The molecule has 5 heteroatoms. The van der Waals surface area contributed by atoms with Gasteiger partial charge in [0.05, 0.1) is 5.56 Å². The Labute approximate surface area is 123 Å². The van der Waals surface area contributed by atoms with E-state index in [0.717, 1.165) is 31.0 Å². The summed E-state index contributed by atoms with van der Waals surface area (Å²) in [5.74, 6) is 0.720. The van der Waals surface area contributed by atoms with Gasteiger partial charge in [-0.15, -0.1) is 0 Å². The van der Waals surface area contributed by atoms with E-state index in [9.17, 15) is 4.79 Å². The molecule has 1 saturated heterocycles. The molecule has 1 aliphatic heterocycles. The van der Waals surface area contributed by atoms with Crippen LogP contribution in [0.4, 0.5) is 11.5 Å². The third-order valence-corrected chi connectivity index (χ3v) is 3.59. The lowest BCUT2D eigenvalue weighted by Gasteiger charge is -2.16. The zero-order chi connectivity index (χ0) is 14.7. The number of carbonyl (C=O) groups excluding carboxylic acids is 1. The molecule has 5 nitrogen and oxygen atoms in total. The first kappa shape index (κ1) is 13.6. The number of amides is 1. The number of hydrogen-bond donors (Lipinski definition) is 2. The molecule has 0 spiro atoms. The first-order chi connectivity index (χ1) is 10.2. The molecule has 21 heavy (non-hydrogen) atoms. The van der Waals surface area contributed by atoms with E-state index >= 15 is 0 Å². The van der Waals surface area contributed by atoms with Crippen molar-refractivity contribution in [3.63, 3.8) is 0 Å². The number of anilines is 2. The Morgan fingerprint density at radius 3 is 2.67 bits per heavy atom. The Morgan fingerprint density at radius 1 is 1.24 bits per heavy atom. The smallest absolute Gasteiger partial charge is 0.257 e. The molecule has 1 aromatic carbocycles. The standard InChI is InChI=1S/C16H18N4O/c17-13-8-9-20(11-13)15-7-6-12(10-18-15)16(21)19-14-4-2-1-3-5-14/h1-7,10,13H,8-9,11,17H2,(H,19,21). The van der Waals surface area contributed by atoms with Gasteiger partial charge in [-0.25, -0.2) is 4.98 Å². The largest absolute Gasteiger partial charge is 0.355 e. The third kappa shape index (κ3) is 3.20. The minimum Gasteiger partial charge on any atom is -0.355 e. The van der Waals surface area contributed by atoms with Crippen LogP contribution in [0.15, 0.2) is 48.7 Å².